The van der Waals surface area contributed by atoms with E-state index in [1.54, 1.807) is 0 Å². The fourth-order valence-electron chi connectivity index (χ4n) is 0.306. The lowest BCUT2D eigenvalue weighted by Crippen LogP contribution is -1.86. The minimum Gasteiger partial charge on any atom is -0.234 e. The summed E-state index contributed by atoms with van der Waals surface area (Å²) in [7, 11) is 0. The summed E-state index contributed by atoms with van der Waals surface area (Å²) >= 11 is 7.25. The van der Waals surface area contributed by atoms with Gasteiger partial charge in [-0.05, 0) is 0 Å². The molecule has 1 fully saturated rings. The Morgan fingerprint density at radius 3 is 2.71 bits per heavy atom. The van der Waals surface area contributed by atoms with Crippen molar-refractivity contribution in [2.75, 3.05) is 5.75 Å². The molecule has 1 aliphatic heterocycles. The number of thiocarbonyl (C=S) groups is 1. The van der Waals surface area contributed by atoms with Crippen molar-refractivity contribution in [2.45, 2.75) is 5.50 Å². The van der Waals surface area contributed by atoms with Crippen LogP contribution >= 0.6 is 35.7 Å². The molecule has 1 atom stereocenters. The monoisotopic (exact) mass is 154 g/mol. The van der Waals surface area contributed by atoms with E-state index in [1.807, 2.05) is 0 Å². The Balaban J connectivity index is 2.40. The summed E-state index contributed by atoms with van der Waals surface area (Å²) in [5.74, 6) is 0.545. The van der Waals surface area contributed by atoms with E-state index in [9.17, 15) is 4.39 Å². The summed E-state index contributed by atoms with van der Waals surface area (Å²) in [5.41, 5.74) is -0.738. The maximum absolute atomic E-state index is 12.0. The summed E-state index contributed by atoms with van der Waals surface area (Å²) < 4.78 is 12.8. The molecule has 0 aromatic heterocycles. The number of rotatable bonds is 0. The van der Waals surface area contributed by atoms with Gasteiger partial charge in [0.2, 0.25) is 0 Å². The van der Waals surface area contributed by atoms with Crippen molar-refractivity contribution in [2.24, 2.45) is 0 Å². The molecule has 0 spiro atoms. The van der Waals surface area contributed by atoms with Crippen LogP contribution in [0.3, 0.4) is 0 Å². The second kappa shape index (κ2) is 2.33. The Bertz CT molecular complexity index is 92.2. The van der Waals surface area contributed by atoms with Crippen molar-refractivity contribution in [1.29, 1.82) is 0 Å². The number of hydrogen-bond donors (Lipinski definition) is 0. The third-order valence-corrected chi connectivity index (χ3v) is 3.36. The van der Waals surface area contributed by atoms with Crippen LogP contribution < -0.4 is 0 Å². The number of alkyl halides is 1. The lowest BCUT2D eigenvalue weighted by atomic mass is 10.9. The first-order chi connectivity index (χ1) is 3.29. The van der Waals surface area contributed by atoms with Gasteiger partial charge in [0, 0.05) is 5.75 Å². The quantitative estimate of drug-likeness (QED) is 0.490. The summed E-state index contributed by atoms with van der Waals surface area (Å²) in [5, 5.41) is 0. The molecular formula is C3H3FS3. The number of thioether (sulfide) groups is 2. The van der Waals surface area contributed by atoms with Crippen LogP contribution in [0.15, 0.2) is 0 Å². The van der Waals surface area contributed by atoms with Crippen molar-refractivity contribution >= 4 is 39.3 Å². The highest BCUT2D eigenvalue weighted by Crippen LogP contribution is 2.33. The minimum absolute atomic E-state index is 0.545. The van der Waals surface area contributed by atoms with Crippen molar-refractivity contribution < 1.29 is 4.39 Å². The minimum atomic E-state index is -0.738. The molecule has 1 unspecified atom stereocenters. The van der Waals surface area contributed by atoms with E-state index in [0.29, 0.717) is 5.75 Å². The Morgan fingerprint density at radius 1 is 1.86 bits per heavy atom. The standard InChI is InChI=1S/C3H3FS3/c4-2-1-6-3(5)7-2/h2H,1H2. The van der Waals surface area contributed by atoms with Crippen molar-refractivity contribution in [3.05, 3.63) is 0 Å². The Hall–Kier alpha value is 0.720. The van der Waals surface area contributed by atoms with E-state index >= 15 is 0 Å². The van der Waals surface area contributed by atoms with Crippen LogP contribution in [-0.4, -0.2) is 14.8 Å². The highest BCUT2D eigenvalue weighted by molar-refractivity contribution is 8.49. The zero-order valence-corrected chi connectivity index (χ0v) is 5.84. The van der Waals surface area contributed by atoms with Crippen LogP contribution in [0.25, 0.3) is 0 Å². The average Bonchev–Trinajstić information content (AvgIpc) is 1.87. The van der Waals surface area contributed by atoms with Gasteiger partial charge in [-0.1, -0.05) is 24.0 Å². The zero-order valence-electron chi connectivity index (χ0n) is 3.39. The zero-order chi connectivity index (χ0) is 5.28. The van der Waals surface area contributed by atoms with Crippen LogP contribution in [0.4, 0.5) is 4.39 Å². The molecule has 0 aliphatic carbocycles. The topological polar surface area (TPSA) is 0 Å². The third-order valence-electron chi connectivity index (χ3n) is 0.556. The molecule has 40 valence electrons. The second-order valence-electron chi connectivity index (χ2n) is 1.09. The summed E-state index contributed by atoms with van der Waals surface area (Å²) in [4.78, 5) is 0. The van der Waals surface area contributed by atoms with Crippen LogP contribution in [0.5, 0.6) is 0 Å². The third kappa shape index (κ3) is 1.58. The molecule has 0 bridgehead atoms. The molecule has 0 amide bonds. The molecule has 0 N–H and O–H groups in total. The Kier molecular flexibility index (Phi) is 1.94. The molecule has 0 aromatic carbocycles. The fraction of sp³-hybridized carbons (Fsp3) is 0.667. The maximum atomic E-state index is 12.0. The van der Waals surface area contributed by atoms with Gasteiger partial charge in [0.05, 0.1) is 0 Å². The molecule has 0 nitrogen and oxygen atoms in total. The normalized spacial score (nSPS) is 31.6. The molecule has 0 radical (unpaired) electrons. The van der Waals surface area contributed by atoms with Gasteiger partial charge in [0.15, 0.2) is 5.50 Å². The van der Waals surface area contributed by atoms with E-state index in [0.717, 1.165) is 15.3 Å². The molecule has 1 heterocycles. The van der Waals surface area contributed by atoms with Crippen LogP contribution in [-0.2, 0) is 0 Å². The van der Waals surface area contributed by atoms with Gasteiger partial charge < -0.3 is 0 Å². The van der Waals surface area contributed by atoms with Crippen molar-refractivity contribution in [3.63, 3.8) is 0 Å². The molecule has 7 heavy (non-hydrogen) atoms. The Morgan fingerprint density at radius 2 is 2.57 bits per heavy atom. The van der Waals surface area contributed by atoms with Crippen LogP contribution in [0, 0.1) is 0 Å². The molecule has 1 saturated heterocycles. The number of halogens is 1. The van der Waals surface area contributed by atoms with Crippen molar-refractivity contribution in [1.82, 2.24) is 0 Å². The van der Waals surface area contributed by atoms with E-state index in [-0.39, 0.29) is 0 Å². The SMILES string of the molecule is FC1CSC(=S)S1. The Labute approximate surface area is 55.2 Å². The van der Waals surface area contributed by atoms with E-state index < -0.39 is 5.50 Å². The summed E-state index contributed by atoms with van der Waals surface area (Å²) in [6.07, 6.45) is 0. The van der Waals surface area contributed by atoms with Crippen LogP contribution in [0.1, 0.15) is 0 Å². The van der Waals surface area contributed by atoms with E-state index in [2.05, 4.69) is 12.2 Å². The van der Waals surface area contributed by atoms with Crippen LogP contribution in [0.2, 0.25) is 0 Å². The van der Waals surface area contributed by atoms with Gasteiger partial charge in [-0.3, -0.25) is 0 Å². The molecule has 0 saturated carbocycles. The van der Waals surface area contributed by atoms with Crippen molar-refractivity contribution in [3.8, 4) is 0 Å². The van der Waals surface area contributed by atoms with Gasteiger partial charge in [-0.25, -0.2) is 4.39 Å². The first kappa shape index (κ1) is 5.85. The van der Waals surface area contributed by atoms with Gasteiger partial charge in [0.1, 0.15) is 3.53 Å². The smallest absolute Gasteiger partial charge is 0.161 e. The van der Waals surface area contributed by atoms with Gasteiger partial charge in [-0.15, -0.1) is 11.8 Å². The first-order valence-electron chi connectivity index (χ1n) is 1.76. The predicted octanol–water partition coefficient (Wildman–Crippen LogP) is 2.05. The molecular weight excluding hydrogens is 151 g/mol. The second-order valence-corrected chi connectivity index (χ2v) is 4.46. The van der Waals surface area contributed by atoms with Gasteiger partial charge in [0.25, 0.3) is 0 Å². The van der Waals surface area contributed by atoms with Gasteiger partial charge >= 0.3 is 0 Å². The van der Waals surface area contributed by atoms with E-state index in [4.69, 9.17) is 0 Å². The molecule has 1 aliphatic rings. The lowest BCUT2D eigenvalue weighted by molar-refractivity contribution is 0.493. The van der Waals surface area contributed by atoms with E-state index in [1.165, 1.54) is 11.8 Å². The first-order valence-corrected chi connectivity index (χ1v) is 4.04. The predicted molar refractivity (Wildman–Crippen MR) is 37.5 cm³/mol. The molecule has 1 rings (SSSR count). The largest absolute Gasteiger partial charge is 0.234 e. The highest BCUT2D eigenvalue weighted by Gasteiger charge is 2.18. The highest BCUT2D eigenvalue weighted by atomic mass is 32.2. The van der Waals surface area contributed by atoms with Gasteiger partial charge in [-0.2, -0.15) is 0 Å². The summed E-state index contributed by atoms with van der Waals surface area (Å²) in [6, 6.07) is 0. The maximum Gasteiger partial charge on any atom is 0.161 e. The summed E-state index contributed by atoms with van der Waals surface area (Å²) in [6.45, 7) is 0. The fourth-order valence-corrected chi connectivity index (χ4v) is 2.57. The molecule has 4 heteroatoms. The lowest BCUT2D eigenvalue weighted by Gasteiger charge is -1.84. The number of hydrogen-bond acceptors (Lipinski definition) is 3. The average molecular weight is 154 g/mol. The molecule has 0 aromatic rings.